The van der Waals surface area contributed by atoms with E-state index in [9.17, 15) is 19.8 Å². The minimum atomic E-state index is -1.48. The zero-order valence-corrected chi connectivity index (χ0v) is 16.5. The van der Waals surface area contributed by atoms with E-state index in [0.29, 0.717) is 11.9 Å². The predicted molar refractivity (Wildman–Crippen MR) is 105 cm³/mol. The fraction of sp³-hybridized carbons (Fsp3) is 0.562. The summed E-state index contributed by atoms with van der Waals surface area (Å²) in [7, 11) is 0. The Morgan fingerprint density at radius 1 is 1.41 bits per heavy atom. The highest BCUT2D eigenvalue weighted by Crippen LogP contribution is 2.32. The maximum atomic E-state index is 12.4. The molecule has 158 valence electrons. The van der Waals surface area contributed by atoms with Gasteiger partial charge in [-0.3, -0.25) is 9.36 Å². The number of aliphatic hydroxyl groups is 1. The van der Waals surface area contributed by atoms with Gasteiger partial charge in [0.25, 0.3) is 0 Å². The molecule has 3 heterocycles. The number of carbonyl (C=O) groups is 2. The molecule has 1 aliphatic heterocycles. The van der Waals surface area contributed by atoms with E-state index in [1.165, 1.54) is 17.2 Å². The Labute approximate surface area is 170 Å². The number of nitrogen functional groups attached to an aromatic ring is 1. The molecule has 1 saturated heterocycles. The Bertz CT molecular complexity index is 894. The smallest absolute Gasteiger partial charge is 0.335 e. The first kappa shape index (κ1) is 21.2. The third-order valence-corrected chi connectivity index (χ3v) is 5.38. The van der Waals surface area contributed by atoms with E-state index in [4.69, 9.17) is 16.2 Å². The lowest BCUT2D eigenvalue weighted by Gasteiger charge is -2.22. The van der Waals surface area contributed by atoms with Gasteiger partial charge in [0.2, 0.25) is 5.91 Å². The highest BCUT2D eigenvalue weighted by Gasteiger charge is 2.49. The zero-order chi connectivity index (χ0) is 21.1. The molecule has 0 bridgehead atoms. The highest BCUT2D eigenvalue weighted by atomic mass is 32.2. The molecule has 3 rings (SSSR count). The van der Waals surface area contributed by atoms with Crippen molar-refractivity contribution in [3.63, 3.8) is 0 Å². The highest BCUT2D eigenvalue weighted by molar-refractivity contribution is 7.98. The largest absolute Gasteiger partial charge is 0.479 e. The number of aliphatic hydroxyl groups excluding tert-OH is 1. The summed E-state index contributed by atoms with van der Waals surface area (Å²) in [4.78, 5) is 36.1. The Morgan fingerprint density at radius 3 is 2.86 bits per heavy atom. The number of nitrogens with zero attached hydrogens (tertiary/aromatic N) is 4. The minimum Gasteiger partial charge on any atom is -0.479 e. The number of amides is 1. The van der Waals surface area contributed by atoms with E-state index in [-0.39, 0.29) is 11.5 Å². The fourth-order valence-electron chi connectivity index (χ4n) is 3.18. The Balaban J connectivity index is 1.80. The average molecular weight is 425 g/mol. The second-order valence-corrected chi connectivity index (χ2v) is 7.62. The quantitative estimate of drug-likeness (QED) is 0.316. The lowest BCUT2D eigenvalue weighted by Crippen LogP contribution is -2.54. The molecule has 0 spiro atoms. The number of aliphatic carboxylic acids is 1. The summed E-state index contributed by atoms with van der Waals surface area (Å²) in [5.74, 6) is -0.884. The monoisotopic (exact) mass is 425 g/mol. The zero-order valence-electron chi connectivity index (χ0n) is 15.6. The number of ether oxygens (including phenoxy) is 1. The molecule has 2 aromatic heterocycles. The van der Waals surface area contributed by atoms with Gasteiger partial charge in [-0.1, -0.05) is 0 Å². The second kappa shape index (κ2) is 8.90. The van der Waals surface area contributed by atoms with Crippen molar-refractivity contribution in [2.75, 3.05) is 17.7 Å². The summed E-state index contributed by atoms with van der Waals surface area (Å²) in [5, 5.41) is 22.8. The number of carboxylic acid groups (broad SMARTS) is 1. The van der Waals surface area contributed by atoms with Gasteiger partial charge in [-0.15, -0.1) is 0 Å². The number of aromatic nitrogens is 4. The number of thioether (sulfide) groups is 1. The molecule has 5 atom stereocenters. The van der Waals surface area contributed by atoms with E-state index in [1.54, 1.807) is 11.8 Å². The van der Waals surface area contributed by atoms with Crippen molar-refractivity contribution in [3.05, 3.63) is 12.7 Å². The third-order valence-electron chi connectivity index (χ3n) is 4.69. The predicted octanol–water partition coefficient (Wildman–Crippen LogP) is -1.29. The van der Waals surface area contributed by atoms with Crippen LogP contribution in [0.5, 0.6) is 0 Å². The number of nitrogens with two attached hydrogens (primary N) is 2. The first-order valence-corrected chi connectivity index (χ1v) is 10.3. The van der Waals surface area contributed by atoms with Crippen molar-refractivity contribution >= 4 is 40.6 Å². The van der Waals surface area contributed by atoms with E-state index < -0.39 is 42.4 Å². The standard InChI is InChI=1S/C16H23N7O5S/c1-29-4-2-3-7(17)14(25)22-8-10(24)15(28-11(8)16(26)27)23-6-21-9-12(18)19-5-20-13(9)23/h5-8,10-11,15,24H,2-4,17H2,1H3,(H,22,25)(H,26,27)(H2,18,19,20)/t7?,8-,10+,11-,15+/m0/s1. The maximum absolute atomic E-state index is 12.4. The van der Waals surface area contributed by atoms with Crippen molar-refractivity contribution in [2.24, 2.45) is 5.73 Å². The van der Waals surface area contributed by atoms with Gasteiger partial charge < -0.3 is 31.7 Å². The van der Waals surface area contributed by atoms with Gasteiger partial charge >= 0.3 is 5.97 Å². The molecule has 0 saturated carbocycles. The molecule has 12 nitrogen and oxygen atoms in total. The van der Waals surface area contributed by atoms with Crippen molar-refractivity contribution < 1.29 is 24.5 Å². The molecule has 7 N–H and O–H groups in total. The number of carbonyl (C=O) groups excluding carboxylic acids is 1. The van der Waals surface area contributed by atoms with Crippen molar-refractivity contribution in [2.45, 2.75) is 43.4 Å². The normalized spacial score (nSPS) is 25.2. The minimum absolute atomic E-state index is 0.136. The number of rotatable bonds is 8. The first-order chi connectivity index (χ1) is 13.8. The fourth-order valence-corrected chi connectivity index (χ4v) is 3.64. The van der Waals surface area contributed by atoms with Crippen LogP contribution in [-0.2, 0) is 14.3 Å². The summed E-state index contributed by atoms with van der Waals surface area (Å²) in [5.41, 5.74) is 12.2. The van der Waals surface area contributed by atoms with Gasteiger partial charge in [-0.2, -0.15) is 11.8 Å². The summed E-state index contributed by atoms with van der Waals surface area (Å²) in [6.07, 6.45) is 1.68. The van der Waals surface area contributed by atoms with Crippen LogP contribution in [0, 0.1) is 0 Å². The molecule has 1 amide bonds. The molecule has 2 aromatic rings. The Kier molecular flexibility index (Phi) is 6.52. The third kappa shape index (κ3) is 4.27. The topological polar surface area (TPSA) is 191 Å². The van der Waals surface area contributed by atoms with Crippen molar-refractivity contribution in [3.8, 4) is 0 Å². The number of fused-ring (bicyclic) bond motifs is 1. The number of hydrogen-bond donors (Lipinski definition) is 5. The van der Waals surface area contributed by atoms with Crippen molar-refractivity contribution in [1.29, 1.82) is 0 Å². The lowest BCUT2D eigenvalue weighted by molar-refractivity contribution is -0.152. The van der Waals surface area contributed by atoms with Crippen LogP contribution in [0.4, 0.5) is 5.82 Å². The van der Waals surface area contributed by atoms with E-state index in [1.807, 2.05) is 6.26 Å². The van der Waals surface area contributed by atoms with Crippen LogP contribution in [0.1, 0.15) is 19.1 Å². The van der Waals surface area contributed by atoms with Gasteiger partial charge in [0.1, 0.15) is 17.9 Å². The number of anilines is 1. The summed E-state index contributed by atoms with van der Waals surface area (Å²) in [6.45, 7) is 0. The molecule has 1 aliphatic rings. The molecule has 0 aliphatic carbocycles. The molecule has 13 heteroatoms. The van der Waals surface area contributed by atoms with Crippen LogP contribution in [0.25, 0.3) is 11.2 Å². The number of carboxylic acids is 1. The molecule has 1 fully saturated rings. The molecular formula is C16H23N7O5S. The Hall–Kier alpha value is -2.48. The Morgan fingerprint density at radius 2 is 2.17 bits per heavy atom. The van der Waals surface area contributed by atoms with Crippen molar-refractivity contribution in [1.82, 2.24) is 24.8 Å². The molecule has 29 heavy (non-hydrogen) atoms. The summed E-state index contributed by atoms with van der Waals surface area (Å²) >= 11 is 1.64. The molecular weight excluding hydrogens is 402 g/mol. The first-order valence-electron chi connectivity index (χ1n) is 8.89. The van der Waals surface area contributed by atoms with Crippen LogP contribution >= 0.6 is 11.8 Å². The average Bonchev–Trinajstić information content (AvgIpc) is 3.24. The SMILES string of the molecule is CSCCCC(N)C(=O)N[C@H]1[C@@H](O)[C@H](n2cnc3c(N)ncnc32)O[C@@H]1C(=O)O. The van der Waals surface area contributed by atoms with Crippen LogP contribution < -0.4 is 16.8 Å². The maximum Gasteiger partial charge on any atom is 0.335 e. The molecule has 1 unspecified atom stereocenters. The van der Waals surface area contributed by atoms with Gasteiger partial charge in [-0.05, 0) is 24.9 Å². The molecule has 0 aromatic carbocycles. The lowest BCUT2D eigenvalue weighted by atomic mass is 10.1. The van der Waals surface area contributed by atoms with Gasteiger partial charge in [-0.25, -0.2) is 19.7 Å². The number of nitrogens with one attached hydrogen (secondary N) is 1. The van der Waals surface area contributed by atoms with Crippen LogP contribution in [0.3, 0.4) is 0 Å². The van der Waals surface area contributed by atoms with Gasteiger partial charge in [0.05, 0.1) is 18.4 Å². The van der Waals surface area contributed by atoms with Gasteiger partial charge in [0.15, 0.2) is 23.8 Å². The van der Waals surface area contributed by atoms with E-state index >= 15 is 0 Å². The summed E-state index contributed by atoms with van der Waals surface area (Å²) in [6, 6.07) is -2.02. The van der Waals surface area contributed by atoms with Crippen LogP contribution in [0.2, 0.25) is 0 Å². The molecule has 0 radical (unpaired) electrons. The van der Waals surface area contributed by atoms with Crippen LogP contribution in [0.15, 0.2) is 12.7 Å². The second-order valence-electron chi connectivity index (χ2n) is 6.63. The number of imidazole rings is 1. The number of hydrogen-bond acceptors (Lipinski definition) is 10. The summed E-state index contributed by atoms with van der Waals surface area (Å²) < 4.78 is 6.89. The van der Waals surface area contributed by atoms with Gasteiger partial charge in [0, 0.05) is 0 Å². The van der Waals surface area contributed by atoms with E-state index in [0.717, 1.165) is 12.2 Å². The van der Waals surface area contributed by atoms with E-state index in [2.05, 4.69) is 20.3 Å². The van der Waals surface area contributed by atoms with Crippen LogP contribution in [-0.4, -0.2) is 77.9 Å².